The second-order valence-electron chi connectivity index (χ2n) is 4.96. The Balaban J connectivity index is 2.61. The number of aliphatic hydroxyl groups is 1. The van der Waals surface area contributed by atoms with E-state index in [-0.39, 0.29) is 0 Å². The van der Waals surface area contributed by atoms with Gasteiger partial charge >= 0.3 is 0 Å². The Kier molecular flexibility index (Phi) is 4.39. The van der Waals surface area contributed by atoms with Gasteiger partial charge in [-0.3, -0.25) is 0 Å². The van der Waals surface area contributed by atoms with Gasteiger partial charge in [0.2, 0.25) is 0 Å². The second kappa shape index (κ2) is 5.13. The van der Waals surface area contributed by atoms with Crippen LogP contribution >= 0.6 is 0 Å². The minimum atomic E-state index is -0.532. The Labute approximate surface area is 87.9 Å². The zero-order valence-corrected chi connectivity index (χ0v) is 9.63. The molecule has 1 aliphatic carbocycles. The predicted octanol–water partition coefficient (Wildman–Crippen LogP) is 2.30. The molecule has 0 amide bonds. The lowest BCUT2D eigenvalue weighted by atomic mass is 9.69. The Morgan fingerprint density at radius 2 is 2.00 bits per heavy atom. The van der Waals surface area contributed by atoms with Gasteiger partial charge in [-0.2, -0.15) is 0 Å². The largest absolute Gasteiger partial charge is 0.390 e. The molecule has 0 aliphatic heterocycles. The van der Waals surface area contributed by atoms with E-state index >= 15 is 0 Å². The van der Waals surface area contributed by atoms with Crippen LogP contribution in [0.4, 0.5) is 0 Å². The van der Waals surface area contributed by atoms with Crippen molar-refractivity contribution < 1.29 is 5.11 Å². The van der Waals surface area contributed by atoms with Crippen LogP contribution in [-0.2, 0) is 0 Å². The molecule has 0 aromatic heterocycles. The first-order chi connectivity index (χ1) is 6.61. The van der Waals surface area contributed by atoms with Crippen molar-refractivity contribution in [2.75, 3.05) is 6.54 Å². The highest BCUT2D eigenvalue weighted by molar-refractivity contribution is 4.88. The highest BCUT2D eigenvalue weighted by Gasteiger charge is 2.37. The van der Waals surface area contributed by atoms with Gasteiger partial charge in [-0.15, -0.1) is 0 Å². The van der Waals surface area contributed by atoms with Crippen molar-refractivity contribution in [1.82, 2.24) is 0 Å². The van der Waals surface area contributed by atoms with E-state index in [1.54, 1.807) is 0 Å². The van der Waals surface area contributed by atoms with E-state index in [9.17, 15) is 5.11 Å². The number of nitrogens with two attached hydrogens (primary N) is 1. The molecule has 0 heterocycles. The Morgan fingerprint density at radius 1 is 1.36 bits per heavy atom. The molecule has 3 atom stereocenters. The van der Waals surface area contributed by atoms with Crippen LogP contribution in [-0.4, -0.2) is 17.3 Å². The fourth-order valence-corrected chi connectivity index (χ4v) is 2.99. The fraction of sp³-hybridized carbons (Fsp3) is 1.00. The molecule has 84 valence electrons. The van der Waals surface area contributed by atoms with Gasteiger partial charge < -0.3 is 10.8 Å². The molecule has 0 saturated heterocycles. The molecule has 1 fully saturated rings. The third-order valence-electron chi connectivity index (χ3n) is 3.88. The summed E-state index contributed by atoms with van der Waals surface area (Å²) in [4.78, 5) is 0. The third kappa shape index (κ3) is 2.71. The summed E-state index contributed by atoms with van der Waals surface area (Å²) in [5, 5.41) is 10.4. The molecule has 3 unspecified atom stereocenters. The summed E-state index contributed by atoms with van der Waals surface area (Å²) in [6, 6.07) is 0. The van der Waals surface area contributed by atoms with Crippen molar-refractivity contribution in [3.63, 3.8) is 0 Å². The van der Waals surface area contributed by atoms with Gasteiger partial charge in [0.15, 0.2) is 0 Å². The standard InChI is InChI=1S/C12H25NO/c1-3-10-6-4-5-7-11(10)12(2,14)8-9-13/h10-11,14H,3-9,13H2,1-2H3. The molecule has 0 aromatic rings. The summed E-state index contributed by atoms with van der Waals surface area (Å²) in [5.41, 5.74) is 5.02. The molecule has 14 heavy (non-hydrogen) atoms. The van der Waals surface area contributed by atoms with Crippen LogP contribution < -0.4 is 5.73 Å². The highest BCUT2D eigenvalue weighted by Crippen LogP contribution is 2.40. The number of rotatable bonds is 4. The van der Waals surface area contributed by atoms with Crippen LogP contribution in [0.3, 0.4) is 0 Å². The van der Waals surface area contributed by atoms with Crippen LogP contribution in [0, 0.1) is 11.8 Å². The lowest BCUT2D eigenvalue weighted by Crippen LogP contribution is -2.42. The number of hydrogen-bond acceptors (Lipinski definition) is 2. The van der Waals surface area contributed by atoms with Gasteiger partial charge in [0, 0.05) is 0 Å². The molecule has 1 aliphatic rings. The first-order valence-corrected chi connectivity index (χ1v) is 6.04. The normalized spacial score (nSPS) is 32.6. The SMILES string of the molecule is CCC1CCCCC1C(C)(O)CCN. The maximum Gasteiger partial charge on any atom is 0.0662 e. The van der Waals surface area contributed by atoms with Crippen LogP contribution in [0.25, 0.3) is 0 Å². The lowest BCUT2D eigenvalue weighted by Gasteiger charge is -2.41. The van der Waals surface area contributed by atoms with Crippen molar-refractivity contribution in [1.29, 1.82) is 0 Å². The molecular formula is C12H25NO. The zero-order valence-electron chi connectivity index (χ0n) is 9.63. The van der Waals surface area contributed by atoms with E-state index < -0.39 is 5.60 Å². The van der Waals surface area contributed by atoms with Gasteiger partial charge in [0.25, 0.3) is 0 Å². The topological polar surface area (TPSA) is 46.2 Å². The van der Waals surface area contributed by atoms with Crippen LogP contribution in [0.1, 0.15) is 52.4 Å². The predicted molar refractivity (Wildman–Crippen MR) is 60.0 cm³/mol. The van der Waals surface area contributed by atoms with E-state index in [4.69, 9.17) is 5.73 Å². The van der Waals surface area contributed by atoms with Gasteiger partial charge in [-0.25, -0.2) is 0 Å². The van der Waals surface area contributed by atoms with Crippen LogP contribution in [0.5, 0.6) is 0 Å². The van der Waals surface area contributed by atoms with Crippen molar-refractivity contribution >= 4 is 0 Å². The van der Waals surface area contributed by atoms with E-state index in [0.29, 0.717) is 18.4 Å². The van der Waals surface area contributed by atoms with Crippen LogP contribution in [0.2, 0.25) is 0 Å². The summed E-state index contributed by atoms with van der Waals surface area (Å²) < 4.78 is 0. The molecule has 0 spiro atoms. The Bertz CT molecular complexity index is 168. The quantitative estimate of drug-likeness (QED) is 0.730. The van der Waals surface area contributed by atoms with Gasteiger partial charge in [-0.1, -0.05) is 32.6 Å². The number of hydrogen-bond donors (Lipinski definition) is 2. The average Bonchev–Trinajstić information content (AvgIpc) is 2.18. The summed E-state index contributed by atoms with van der Waals surface area (Å²) >= 11 is 0. The smallest absolute Gasteiger partial charge is 0.0662 e. The minimum Gasteiger partial charge on any atom is -0.390 e. The summed E-state index contributed by atoms with van der Waals surface area (Å²) in [6.07, 6.45) is 7.04. The van der Waals surface area contributed by atoms with E-state index in [2.05, 4.69) is 6.92 Å². The highest BCUT2D eigenvalue weighted by atomic mass is 16.3. The molecule has 0 aromatic carbocycles. The van der Waals surface area contributed by atoms with E-state index in [1.807, 2.05) is 6.92 Å². The summed E-state index contributed by atoms with van der Waals surface area (Å²) in [5.74, 6) is 1.19. The molecule has 2 heteroatoms. The summed E-state index contributed by atoms with van der Waals surface area (Å²) in [6.45, 7) is 4.81. The lowest BCUT2D eigenvalue weighted by molar-refractivity contribution is -0.0477. The van der Waals surface area contributed by atoms with Crippen molar-refractivity contribution in [3.8, 4) is 0 Å². The monoisotopic (exact) mass is 199 g/mol. The maximum absolute atomic E-state index is 10.4. The Hall–Kier alpha value is -0.0800. The summed E-state index contributed by atoms with van der Waals surface area (Å²) in [7, 11) is 0. The molecule has 1 rings (SSSR count). The van der Waals surface area contributed by atoms with Crippen molar-refractivity contribution in [3.05, 3.63) is 0 Å². The van der Waals surface area contributed by atoms with Crippen molar-refractivity contribution in [2.24, 2.45) is 17.6 Å². The third-order valence-corrected chi connectivity index (χ3v) is 3.88. The molecule has 0 radical (unpaired) electrons. The fourth-order valence-electron chi connectivity index (χ4n) is 2.99. The molecule has 2 nitrogen and oxygen atoms in total. The van der Waals surface area contributed by atoms with Crippen LogP contribution in [0.15, 0.2) is 0 Å². The van der Waals surface area contributed by atoms with Gasteiger partial charge in [0.1, 0.15) is 0 Å². The maximum atomic E-state index is 10.4. The van der Waals surface area contributed by atoms with E-state index in [0.717, 1.165) is 6.42 Å². The first-order valence-electron chi connectivity index (χ1n) is 6.04. The molecule has 0 bridgehead atoms. The molecule has 1 saturated carbocycles. The Morgan fingerprint density at radius 3 is 2.57 bits per heavy atom. The van der Waals surface area contributed by atoms with Gasteiger partial charge in [0.05, 0.1) is 5.60 Å². The minimum absolute atomic E-state index is 0.477. The van der Waals surface area contributed by atoms with Crippen molar-refractivity contribution in [2.45, 2.75) is 58.0 Å². The van der Waals surface area contributed by atoms with E-state index in [1.165, 1.54) is 32.1 Å². The molecular weight excluding hydrogens is 174 g/mol. The second-order valence-corrected chi connectivity index (χ2v) is 4.96. The van der Waals surface area contributed by atoms with Gasteiger partial charge in [-0.05, 0) is 38.1 Å². The average molecular weight is 199 g/mol. The first kappa shape index (κ1) is 12.0. The molecule has 3 N–H and O–H groups in total. The zero-order chi connectivity index (χ0) is 10.6.